The van der Waals surface area contributed by atoms with Gasteiger partial charge in [-0.05, 0) is 58.7 Å². The number of benzene rings is 7. The van der Waals surface area contributed by atoms with E-state index >= 15 is 0 Å². The van der Waals surface area contributed by atoms with E-state index in [4.69, 9.17) is 13.8 Å². The van der Waals surface area contributed by atoms with E-state index < -0.39 is 0 Å². The summed E-state index contributed by atoms with van der Waals surface area (Å²) in [6, 6.07) is 55.2. The Labute approximate surface area is 289 Å². The van der Waals surface area contributed by atoms with E-state index in [2.05, 4.69) is 134 Å². The average Bonchev–Trinajstić information content (AvgIpc) is 3.83. The van der Waals surface area contributed by atoms with Crippen molar-refractivity contribution in [1.82, 2.24) is 4.98 Å². The second kappa shape index (κ2) is 10.8. The second-order valence-electron chi connectivity index (χ2n) is 13.5. The lowest BCUT2D eigenvalue weighted by molar-refractivity contribution is 0.618. The molecule has 0 radical (unpaired) electrons. The number of hydrogen-bond acceptors (Lipinski definition) is 4. The number of hydrogen-bond donors (Lipinski definition) is 0. The molecule has 1 aliphatic carbocycles. The van der Waals surface area contributed by atoms with Gasteiger partial charge in [-0.15, -0.1) is 0 Å². The molecule has 0 atom stereocenters. The normalized spacial score (nSPS) is 13.2. The van der Waals surface area contributed by atoms with Crippen molar-refractivity contribution in [3.8, 4) is 33.7 Å². The van der Waals surface area contributed by atoms with Crippen LogP contribution in [0.15, 0.2) is 167 Å². The molecule has 238 valence electrons. The van der Waals surface area contributed by atoms with Crippen molar-refractivity contribution in [3.05, 3.63) is 169 Å². The molecule has 0 N–H and O–H groups in total. The van der Waals surface area contributed by atoms with Crippen LogP contribution in [-0.4, -0.2) is 4.98 Å². The van der Waals surface area contributed by atoms with Crippen LogP contribution in [0.25, 0.3) is 66.7 Å². The summed E-state index contributed by atoms with van der Waals surface area (Å²) in [6.45, 7) is 4.65. The predicted molar refractivity (Wildman–Crippen MR) is 204 cm³/mol. The van der Waals surface area contributed by atoms with Crippen LogP contribution in [0.4, 0.5) is 17.1 Å². The predicted octanol–water partition coefficient (Wildman–Crippen LogP) is 12.8. The first-order valence-electron chi connectivity index (χ1n) is 17.1. The Morgan fingerprint density at radius 1 is 0.520 bits per heavy atom. The summed E-state index contributed by atoms with van der Waals surface area (Å²) in [5.41, 5.74) is 13.9. The lowest BCUT2D eigenvalue weighted by atomic mass is 9.82. The van der Waals surface area contributed by atoms with Gasteiger partial charge in [-0.25, -0.2) is 4.98 Å². The smallest absolute Gasteiger partial charge is 0.227 e. The lowest BCUT2D eigenvalue weighted by Gasteiger charge is -2.30. The Bertz CT molecular complexity index is 2740. The van der Waals surface area contributed by atoms with Gasteiger partial charge in [0.25, 0.3) is 0 Å². The van der Waals surface area contributed by atoms with Gasteiger partial charge < -0.3 is 13.7 Å². The zero-order valence-corrected chi connectivity index (χ0v) is 27.7. The maximum absolute atomic E-state index is 6.88. The Morgan fingerprint density at radius 2 is 1.16 bits per heavy atom. The first-order valence-corrected chi connectivity index (χ1v) is 17.1. The van der Waals surface area contributed by atoms with Gasteiger partial charge in [0.2, 0.25) is 5.89 Å². The van der Waals surface area contributed by atoms with Gasteiger partial charge in [-0.2, -0.15) is 0 Å². The van der Waals surface area contributed by atoms with Crippen molar-refractivity contribution in [3.63, 3.8) is 0 Å². The van der Waals surface area contributed by atoms with Gasteiger partial charge in [0.05, 0.1) is 11.4 Å². The zero-order chi connectivity index (χ0) is 33.4. The molecule has 4 nitrogen and oxygen atoms in total. The number of para-hydroxylation sites is 2. The van der Waals surface area contributed by atoms with Gasteiger partial charge >= 0.3 is 0 Å². The maximum Gasteiger partial charge on any atom is 0.227 e. The Morgan fingerprint density at radius 3 is 1.98 bits per heavy atom. The SMILES string of the molecule is CC1(C)c2ccccc2-c2c(N(c3ccccc3-c3ccccc3)c3c4oc(-c5ccccc5)nc4cc4c3oc3ccccc34)cccc21. The molecular formula is C46H32N2O2. The molecule has 2 aromatic heterocycles. The molecule has 2 heterocycles. The molecule has 1 aliphatic rings. The minimum absolute atomic E-state index is 0.181. The van der Waals surface area contributed by atoms with Gasteiger partial charge in [0.15, 0.2) is 11.2 Å². The third-order valence-corrected chi connectivity index (χ3v) is 10.3. The van der Waals surface area contributed by atoms with Crippen LogP contribution in [-0.2, 0) is 5.41 Å². The van der Waals surface area contributed by atoms with Gasteiger partial charge in [0, 0.05) is 32.9 Å². The molecule has 0 aliphatic heterocycles. The van der Waals surface area contributed by atoms with E-state index in [1.165, 1.54) is 22.3 Å². The Hall–Kier alpha value is -6.39. The van der Waals surface area contributed by atoms with Gasteiger partial charge in [-0.1, -0.05) is 135 Å². The van der Waals surface area contributed by atoms with Crippen LogP contribution < -0.4 is 4.90 Å². The molecule has 0 spiro atoms. The molecule has 0 saturated heterocycles. The summed E-state index contributed by atoms with van der Waals surface area (Å²) in [7, 11) is 0. The molecule has 0 saturated carbocycles. The summed E-state index contributed by atoms with van der Waals surface area (Å²) in [5.74, 6) is 0.569. The van der Waals surface area contributed by atoms with Crippen LogP contribution >= 0.6 is 0 Å². The number of aromatic nitrogens is 1. The minimum Gasteiger partial charge on any atom is -0.454 e. The fraction of sp³-hybridized carbons (Fsp3) is 0.0652. The molecule has 50 heavy (non-hydrogen) atoms. The van der Waals surface area contributed by atoms with E-state index in [1.807, 2.05) is 42.5 Å². The van der Waals surface area contributed by atoms with Gasteiger partial charge in [-0.3, -0.25) is 0 Å². The third-order valence-electron chi connectivity index (χ3n) is 10.3. The number of anilines is 3. The van der Waals surface area contributed by atoms with Crippen molar-refractivity contribution in [2.24, 2.45) is 0 Å². The largest absolute Gasteiger partial charge is 0.454 e. The van der Waals surface area contributed by atoms with E-state index in [9.17, 15) is 0 Å². The first kappa shape index (κ1) is 28.6. The lowest BCUT2D eigenvalue weighted by Crippen LogP contribution is -2.16. The molecule has 0 fully saturated rings. The highest BCUT2D eigenvalue weighted by Gasteiger charge is 2.39. The first-order chi connectivity index (χ1) is 24.6. The van der Waals surface area contributed by atoms with Crippen LogP contribution in [0.3, 0.4) is 0 Å². The number of rotatable bonds is 5. The Kier molecular flexibility index (Phi) is 6.19. The number of furan rings is 1. The topological polar surface area (TPSA) is 42.4 Å². The van der Waals surface area contributed by atoms with Crippen molar-refractivity contribution in [1.29, 1.82) is 0 Å². The van der Waals surface area contributed by atoms with Gasteiger partial charge in [0.1, 0.15) is 16.8 Å². The molecule has 9 aromatic rings. The molecule has 7 aromatic carbocycles. The van der Waals surface area contributed by atoms with E-state index in [0.717, 1.165) is 61.2 Å². The molecule has 0 amide bonds. The summed E-state index contributed by atoms with van der Waals surface area (Å²) in [5, 5.41) is 2.03. The highest BCUT2D eigenvalue weighted by molar-refractivity contribution is 6.18. The highest BCUT2D eigenvalue weighted by Crippen LogP contribution is 2.57. The van der Waals surface area contributed by atoms with E-state index in [-0.39, 0.29) is 5.41 Å². The summed E-state index contributed by atoms with van der Waals surface area (Å²) in [4.78, 5) is 7.49. The summed E-state index contributed by atoms with van der Waals surface area (Å²) < 4.78 is 13.8. The standard InChI is InChI=1S/C46H32N2O2/c1-46(2)35-23-12-9-22-33(35)41-36(46)24-15-26-39(41)48(38-25-13-10-20-31(38)29-16-5-3-6-17-29)42-43-34(32-21-11-14-27-40(32)49-43)28-37-44(42)50-45(47-37)30-18-7-4-8-19-30/h3-28H,1-2H3. The fourth-order valence-corrected chi connectivity index (χ4v) is 7.95. The number of fused-ring (bicyclic) bond motifs is 7. The fourth-order valence-electron chi connectivity index (χ4n) is 7.95. The van der Waals surface area contributed by atoms with Crippen molar-refractivity contribution in [2.75, 3.05) is 4.90 Å². The minimum atomic E-state index is -0.181. The van der Waals surface area contributed by atoms with Crippen LogP contribution in [0.5, 0.6) is 0 Å². The zero-order valence-electron chi connectivity index (χ0n) is 27.7. The summed E-state index contributed by atoms with van der Waals surface area (Å²) >= 11 is 0. The van der Waals surface area contributed by atoms with Crippen molar-refractivity contribution in [2.45, 2.75) is 19.3 Å². The molecule has 10 rings (SSSR count). The summed E-state index contributed by atoms with van der Waals surface area (Å²) in [6.07, 6.45) is 0. The highest BCUT2D eigenvalue weighted by atomic mass is 16.4. The molecule has 4 heteroatoms. The molecule has 0 unspecified atom stereocenters. The number of nitrogens with zero attached hydrogens (tertiary/aromatic N) is 2. The molecule has 0 bridgehead atoms. The Balaban J connectivity index is 1.38. The van der Waals surface area contributed by atoms with Crippen LogP contribution in [0.1, 0.15) is 25.0 Å². The van der Waals surface area contributed by atoms with Crippen molar-refractivity contribution < 1.29 is 8.83 Å². The average molecular weight is 645 g/mol. The third kappa shape index (κ3) is 4.15. The second-order valence-corrected chi connectivity index (χ2v) is 13.5. The van der Waals surface area contributed by atoms with E-state index in [0.29, 0.717) is 11.5 Å². The quantitative estimate of drug-likeness (QED) is 0.187. The van der Waals surface area contributed by atoms with Crippen molar-refractivity contribution >= 4 is 50.1 Å². The van der Waals surface area contributed by atoms with Crippen LogP contribution in [0, 0.1) is 0 Å². The monoisotopic (exact) mass is 644 g/mol. The number of oxazole rings is 1. The van der Waals surface area contributed by atoms with Crippen LogP contribution in [0.2, 0.25) is 0 Å². The maximum atomic E-state index is 6.88. The van der Waals surface area contributed by atoms with E-state index in [1.54, 1.807) is 0 Å². The molecular weight excluding hydrogens is 613 g/mol.